The minimum atomic E-state index is -0.0326. The van der Waals surface area contributed by atoms with Crippen LogP contribution >= 0.6 is 15.9 Å². The van der Waals surface area contributed by atoms with Gasteiger partial charge in [0, 0.05) is 4.47 Å². The molecule has 2 aromatic rings. The minimum Gasteiger partial charge on any atom is -0.493 e. The van der Waals surface area contributed by atoms with Gasteiger partial charge in [0.25, 0.3) is 5.91 Å². The first-order valence-electron chi connectivity index (χ1n) is 8.50. The molecular formula is C20H26BrN2O3+. The molecule has 0 saturated heterocycles. The van der Waals surface area contributed by atoms with Crippen molar-refractivity contribution < 1.29 is 19.2 Å². The zero-order valence-electron chi connectivity index (χ0n) is 15.6. The SMILES string of the molecule is COc1cccc(C[NH+](C)CC(=O)N[C@H](C)c2ccc(Br)cc2)c1OC. The molecule has 0 fully saturated rings. The van der Waals surface area contributed by atoms with Gasteiger partial charge in [0.05, 0.1) is 32.9 Å². The van der Waals surface area contributed by atoms with Crippen molar-refractivity contribution in [2.75, 3.05) is 27.8 Å². The van der Waals surface area contributed by atoms with E-state index in [2.05, 4.69) is 21.2 Å². The fourth-order valence-corrected chi connectivity index (χ4v) is 3.15. The molecule has 0 bridgehead atoms. The van der Waals surface area contributed by atoms with E-state index in [-0.39, 0.29) is 11.9 Å². The highest BCUT2D eigenvalue weighted by Crippen LogP contribution is 2.30. The number of carbonyl (C=O) groups is 1. The summed E-state index contributed by atoms with van der Waals surface area (Å²) in [4.78, 5) is 13.4. The Balaban J connectivity index is 1.94. The molecule has 0 aromatic heterocycles. The highest BCUT2D eigenvalue weighted by molar-refractivity contribution is 9.10. The van der Waals surface area contributed by atoms with Crippen LogP contribution in [0.4, 0.5) is 0 Å². The normalized spacial score (nSPS) is 13.0. The van der Waals surface area contributed by atoms with E-state index in [0.717, 1.165) is 26.2 Å². The number of nitrogens with one attached hydrogen (secondary N) is 2. The van der Waals surface area contributed by atoms with E-state index in [4.69, 9.17) is 9.47 Å². The van der Waals surface area contributed by atoms with Crippen LogP contribution in [0, 0.1) is 0 Å². The summed E-state index contributed by atoms with van der Waals surface area (Å²) >= 11 is 3.42. The van der Waals surface area contributed by atoms with Gasteiger partial charge in [-0.2, -0.15) is 0 Å². The van der Waals surface area contributed by atoms with E-state index in [1.165, 1.54) is 0 Å². The van der Waals surface area contributed by atoms with Crippen molar-refractivity contribution in [1.29, 1.82) is 0 Å². The molecule has 0 saturated carbocycles. The molecule has 26 heavy (non-hydrogen) atoms. The molecule has 5 nitrogen and oxygen atoms in total. The second kappa shape index (κ2) is 9.59. The Bertz CT molecular complexity index is 734. The van der Waals surface area contributed by atoms with Crippen LogP contribution in [0.5, 0.6) is 11.5 Å². The van der Waals surface area contributed by atoms with Gasteiger partial charge in [0.1, 0.15) is 6.54 Å². The maximum Gasteiger partial charge on any atom is 0.275 e. The van der Waals surface area contributed by atoms with E-state index in [1.807, 2.05) is 56.4 Å². The first kappa shape index (κ1) is 20.3. The van der Waals surface area contributed by atoms with Crippen LogP contribution in [0.15, 0.2) is 46.9 Å². The largest absolute Gasteiger partial charge is 0.493 e. The third kappa shape index (κ3) is 5.47. The summed E-state index contributed by atoms with van der Waals surface area (Å²) in [5.74, 6) is 1.43. The van der Waals surface area contributed by atoms with E-state index < -0.39 is 0 Å². The number of halogens is 1. The molecule has 0 radical (unpaired) electrons. The summed E-state index contributed by atoms with van der Waals surface area (Å²) in [6.07, 6.45) is 0. The number of carbonyl (C=O) groups excluding carboxylic acids is 1. The summed E-state index contributed by atoms with van der Waals surface area (Å²) in [5, 5.41) is 3.05. The van der Waals surface area contributed by atoms with Gasteiger partial charge in [-0.3, -0.25) is 4.79 Å². The lowest BCUT2D eigenvalue weighted by atomic mass is 10.1. The maximum absolute atomic E-state index is 12.4. The van der Waals surface area contributed by atoms with Crippen LogP contribution in [-0.2, 0) is 11.3 Å². The number of rotatable bonds is 8. The Morgan fingerprint density at radius 3 is 2.46 bits per heavy atom. The molecule has 0 aliphatic rings. The van der Waals surface area contributed by atoms with E-state index in [1.54, 1.807) is 14.2 Å². The Kier molecular flexibility index (Phi) is 7.48. The van der Waals surface area contributed by atoms with E-state index >= 15 is 0 Å². The first-order chi connectivity index (χ1) is 12.4. The maximum atomic E-state index is 12.4. The average molecular weight is 422 g/mol. The first-order valence-corrected chi connectivity index (χ1v) is 9.30. The molecule has 2 rings (SSSR count). The summed E-state index contributed by atoms with van der Waals surface area (Å²) in [6.45, 7) is 3.03. The predicted octanol–water partition coefficient (Wildman–Crippen LogP) is 2.36. The Labute approximate surface area is 163 Å². The van der Waals surface area contributed by atoms with Crippen molar-refractivity contribution in [3.05, 3.63) is 58.1 Å². The van der Waals surface area contributed by atoms with Crippen molar-refractivity contribution in [1.82, 2.24) is 5.32 Å². The molecule has 2 N–H and O–H groups in total. The lowest BCUT2D eigenvalue weighted by molar-refractivity contribution is -0.885. The highest BCUT2D eigenvalue weighted by atomic mass is 79.9. The van der Waals surface area contributed by atoms with Crippen molar-refractivity contribution >= 4 is 21.8 Å². The van der Waals surface area contributed by atoms with Crippen molar-refractivity contribution in [2.24, 2.45) is 0 Å². The molecule has 0 aliphatic heterocycles. The Morgan fingerprint density at radius 1 is 1.15 bits per heavy atom. The molecule has 0 heterocycles. The number of quaternary nitrogens is 1. The van der Waals surface area contributed by atoms with Gasteiger partial charge in [0.15, 0.2) is 18.0 Å². The van der Waals surface area contributed by atoms with Crippen LogP contribution in [0.1, 0.15) is 24.1 Å². The predicted molar refractivity (Wildman–Crippen MR) is 106 cm³/mol. The van der Waals surface area contributed by atoms with Gasteiger partial charge < -0.3 is 19.7 Å². The zero-order chi connectivity index (χ0) is 19.1. The fraction of sp³-hybridized carbons (Fsp3) is 0.350. The van der Waals surface area contributed by atoms with Crippen LogP contribution in [0.3, 0.4) is 0 Å². The van der Waals surface area contributed by atoms with Gasteiger partial charge in [0.2, 0.25) is 0 Å². The van der Waals surface area contributed by atoms with Crippen molar-refractivity contribution in [3.8, 4) is 11.5 Å². The number of amides is 1. The average Bonchev–Trinajstić information content (AvgIpc) is 2.61. The van der Waals surface area contributed by atoms with Crippen LogP contribution in [0.25, 0.3) is 0 Å². The number of hydrogen-bond acceptors (Lipinski definition) is 3. The molecule has 2 atom stereocenters. The van der Waals surface area contributed by atoms with Crippen molar-refractivity contribution in [3.63, 3.8) is 0 Å². The molecule has 0 spiro atoms. The van der Waals surface area contributed by atoms with Gasteiger partial charge in [-0.1, -0.05) is 34.1 Å². The van der Waals surface area contributed by atoms with Crippen molar-refractivity contribution in [2.45, 2.75) is 19.5 Å². The Morgan fingerprint density at radius 2 is 1.85 bits per heavy atom. The quantitative estimate of drug-likeness (QED) is 0.687. The lowest BCUT2D eigenvalue weighted by Crippen LogP contribution is -3.08. The number of ether oxygens (including phenoxy) is 2. The molecule has 1 amide bonds. The molecule has 140 valence electrons. The van der Waals surface area contributed by atoms with E-state index in [9.17, 15) is 4.79 Å². The summed E-state index contributed by atoms with van der Waals surface area (Å²) in [5.41, 5.74) is 2.09. The van der Waals surface area contributed by atoms with E-state index in [0.29, 0.717) is 18.8 Å². The lowest BCUT2D eigenvalue weighted by Gasteiger charge is -2.19. The third-order valence-electron chi connectivity index (χ3n) is 4.19. The highest BCUT2D eigenvalue weighted by Gasteiger charge is 2.17. The molecule has 1 unspecified atom stereocenters. The Hall–Kier alpha value is -2.05. The number of para-hydroxylation sites is 1. The standard InChI is InChI=1S/C20H25BrN2O3/c1-14(15-8-10-17(21)11-9-15)22-19(24)13-23(2)12-16-6-5-7-18(25-3)20(16)26-4/h5-11,14H,12-13H2,1-4H3,(H,22,24)/p+1/t14-/m1/s1. The van der Waals surface area contributed by atoms with Gasteiger partial charge >= 0.3 is 0 Å². The van der Waals surface area contributed by atoms with Crippen LogP contribution < -0.4 is 19.7 Å². The zero-order valence-corrected chi connectivity index (χ0v) is 17.2. The number of likely N-dealkylation sites (N-methyl/N-ethyl adjacent to an activating group) is 1. The molecule has 2 aromatic carbocycles. The molecule has 6 heteroatoms. The second-order valence-electron chi connectivity index (χ2n) is 6.30. The van der Waals surface area contributed by atoms with Gasteiger partial charge in [-0.05, 0) is 36.8 Å². The molecule has 0 aliphatic carbocycles. The second-order valence-corrected chi connectivity index (χ2v) is 7.22. The molecular weight excluding hydrogens is 396 g/mol. The number of hydrogen-bond donors (Lipinski definition) is 2. The smallest absolute Gasteiger partial charge is 0.275 e. The van der Waals surface area contributed by atoms with Crippen LogP contribution in [0.2, 0.25) is 0 Å². The number of benzene rings is 2. The van der Waals surface area contributed by atoms with Gasteiger partial charge in [-0.25, -0.2) is 0 Å². The number of methoxy groups -OCH3 is 2. The topological polar surface area (TPSA) is 52.0 Å². The summed E-state index contributed by atoms with van der Waals surface area (Å²) in [7, 11) is 5.24. The summed E-state index contributed by atoms with van der Waals surface area (Å²) < 4.78 is 11.8. The fourth-order valence-electron chi connectivity index (χ4n) is 2.88. The monoisotopic (exact) mass is 421 g/mol. The van der Waals surface area contributed by atoms with Gasteiger partial charge in [-0.15, -0.1) is 0 Å². The minimum absolute atomic E-state index is 0.0137. The third-order valence-corrected chi connectivity index (χ3v) is 4.72. The van der Waals surface area contributed by atoms with Crippen LogP contribution in [-0.4, -0.2) is 33.7 Å². The summed E-state index contributed by atoms with van der Waals surface area (Å²) in [6, 6.07) is 13.7.